The van der Waals surface area contributed by atoms with Crippen molar-refractivity contribution in [2.24, 2.45) is 0 Å². The average Bonchev–Trinajstić information content (AvgIpc) is 2.39. The van der Waals surface area contributed by atoms with Crippen LogP contribution in [0.2, 0.25) is 0 Å². The maximum Gasteiger partial charge on any atom is 0.115 e. The van der Waals surface area contributed by atoms with Crippen molar-refractivity contribution in [3.8, 4) is 0 Å². The van der Waals surface area contributed by atoms with Crippen molar-refractivity contribution in [1.82, 2.24) is 20.2 Å². The molecule has 2 heterocycles. The number of piperidine rings is 1. The first-order valence-electron chi connectivity index (χ1n) is 6.59. The first kappa shape index (κ1) is 12.5. The van der Waals surface area contributed by atoms with Crippen LogP contribution >= 0.6 is 0 Å². The van der Waals surface area contributed by atoms with Crippen LogP contribution in [0.25, 0.3) is 0 Å². The lowest BCUT2D eigenvalue weighted by Crippen LogP contribution is -2.42. The Labute approximate surface area is 103 Å². The molecule has 1 aliphatic heterocycles. The first-order valence-corrected chi connectivity index (χ1v) is 6.59. The molecular formula is C13H22N4. The molecule has 1 N–H and O–H groups in total. The van der Waals surface area contributed by atoms with Gasteiger partial charge in [-0.15, -0.1) is 0 Å². The number of rotatable bonds is 5. The summed E-state index contributed by atoms with van der Waals surface area (Å²) in [6, 6.07) is 2.72. The molecule has 1 saturated heterocycles. The number of nitrogens with one attached hydrogen (secondary N) is 1. The minimum atomic E-state index is 0.719. The van der Waals surface area contributed by atoms with Crippen molar-refractivity contribution < 1.29 is 0 Å². The van der Waals surface area contributed by atoms with E-state index in [0.717, 1.165) is 24.8 Å². The van der Waals surface area contributed by atoms with Gasteiger partial charge in [0, 0.05) is 31.9 Å². The van der Waals surface area contributed by atoms with E-state index in [0.29, 0.717) is 0 Å². The molecule has 1 aliphatic rings. The molecule has 0 aromatic carbocycles. The molecule has 1 fully saturated rings. The zero-order chi connectivity index (χ0) is 11.9. The molecule has 0 atom stereocenters. The van der Waals surface area contributed by atoms with E-state index in [1.54, 1.807) is 6.33 Å². The van der Waals surface area contributed by atoms with Gasteiger partial charge in [0.25, 0.3) is 0 Å². The third-order valence-electron chi connectivity index (χ3n) is 3.30. The Kier molecular flexibility index (Phi) is 4.88. The van der Waals surface area contributed by atoms with Crippen LogP contribution in [0, 0.1) is 0 Å². The smallest absolute Gasteiger partial charge is 0.115 e. The second kappa shape index (κ2) is 6.67. The highest BCUT2D eigenvalue weighted by atomic mass is 15.1. The van der Waals surface area contributed by atoms with Gasteiger partial charge in [-0.25, -0.2) is 9.97 Å². The van der Waals surface area contributed by atoms with Gasteiger partial charge in [-0.1, -0.05) is 6.92 Å². The van der Waals surface area contributed by atoms with E-state index in [4.69, 9.17) is 0 Å². The highest BCUT2D eigenvalue weighted by Crippen LogP contribution is 2.12. The molecule has 2 rings (SSSR count). The van der Waals surface area contributed by atoms with E-state index in [9.17, 15) is 0 Å². The molecule has 4 heteroatoms. The third-order valence-corrected chi connectivity index (χ3v) is 3.30. The summed E-state index contributed by atoms with van der Waals surface area (Å²) < 4.78 is 0. The van der Waals surface area contributed by atoms with E-state index in [2.05, 4.69) is 27.1 Å². The van der Waals surface area contributed by atoms with Gasteiger partial charge in [-0.05, 0) is 31.9 Å². The Hall–Kier alpha value is -1.00. The quantitative estimate of drug-likeness (QED) is 0.837. The lowest BCUT2D eigenvalue weighted by Gasteiger charge is -2.32. The van der Waals surface area contributed by atoms with Crippen molar-refractivity contribution in [2.75, 3.05) is 19.6 Å². The van der Waals surface area contributed by atoms with Crippen molar-refractivity contribution in [3.63, 3.8) is 0 Å². The molecule has 0 radical (unpaired) electrons. The van der Waals surface area contributed by atoms with Crippen molar-refractivity contribution >= 4 is 0 Å². The zero-order valence-electron chi connectivity index (χ0n) is 10.6. The topological polar surface area (TPSA) is 41.0 Å². The summed E-state index contributed by atoms with van der Waals surface area (Å²) >= 11 is 0. The zero-order valence-corrected chi connectivity index (χ0v) is 10.6. The van der Waals surface area contributed by atoms with Crippen LogP contribution in [-0.2, 0) is 6.54 Å². The molecule has 0 aliphatic carbocycles. The summed E-state index contributed by atoms with van der Waals surface area (Å²) in [5.74, 6) is 0. The van der Waals surface area contributed by atoms with Crippen LogP contribution < -0.4 is 5.32 Å². The summed E-state index contributed by atoms with van der Waals surface area (Å²) in [7, 11) is 0. The van der Waals surface area contributed by atoms with E-state index < -0.39 is 0 Å². The number of aromatic nitrogens is 2. The highest BCUT2D eigenvalue weighted by molar-refractivity contribution is 4.98. The lowest BCUT2D eigenvalue weighted by molar-refractivity contribution is 0.189. The van der Waals surface area contributed by atoms with E-state index in [1.807, 2.05) is 12.3 Å². The number of hydrogen-bond donors (Lipinski definition) is 1. The van der Waals surface area contributed by atoms with Crippen LogP contribution in [0.1, 0.15) is 31.9 Å². The molecule has 1 aromatic rings. The summed E-state index contributed by atoms with van der Waals surface area (Å²) in [6.45, 7) is 6.67. The van der Waals surface area contributed by atoms with Gasteiger partial charge in [0.05, 0.1) is 5.69 Å². The van der Waals surface area contributed by atoms with Gasteiger partial charge in [0.2, 0.25) is 0 Å². The van der Waals surface area contributed by atoms with Crippen LogP contribution in [0.15, 0.2) is 18.6 Å². The van der Waals surface area contributed by atoms with E-state index in [1.165, 1.54) is 32.4 Å². The van der Waals surface area contributed by atoms with Gasteiger partial charge < -0.3 is 5.32 Å². The second-order valence-corrected chi connectivity index (χ2v) is 4.71. The van der Waals surface area contributed by atoms with Crippen LogP contribution in [-0.4, -0.2) is 40.5 Å². The fourth-order valence-corrected chi connectivity index (χ4v) is 2.28. The SMILES string of the molecule is CCCNC1CCN(Cc2ccncn2)CC1. The lowest BCUT2D eigenvalue weighted by atomic mass is 10.0. The minimum absolute atomic E-state index is 0.719. The van der Waals surface area contributed by atoms with E-state index in [-0.39, 0.29) is 0 Å². The molecule has 1 aromatic heterocycles. The molecule has 4 nitrogen and oxygen atoms in total. The highest BCUT2D eigenvalue weighted by Gasteiger charge is 2.18. The fraction of sp³-hybridized carbons (Fsp3) is 0.692. The van der Waals surface area contributed by atoms with Gasteiger partial charge >= 0.3 is 0 Å². The Morgan fingerprint density at radius 1 is 1.41 bits per heavy atom. The standard InChI is InChI=1S/C13H22N4/c1-2-6-15-12-4-8-17(9-5-12)10-13-3-7-14-11-16-13/h3,7,11-12,15H,2,4-6,8-10H2,1H3. The monoisotopic (exact) mass is 234 g/mol. The molecule has 0 amide bonds. The molecule has 0 spiro atoms. The normalized spacial score (nSPS) is 18.4. The predicted octanol–water partition coefficient (Wildman–Crippen LogP) is 1.44. The Bertz CT molecular complexity index is 306. The maximum atomic E-state index is 4.27. The summed E-state index contributed by atoms with van der Waals surface area (Å²) in [5.41, 5.74) is 1.12. The summed E-state index contributed by atoms with van der Waals surface area (Å²) in [5, 5.41) is 3.60. The molecule has 94 valence electrons. The first-order chi connectivity index (χ1) is 8.38. The van der Waals surface area contributed by atoms with E-state index >= 15 is 0 Å². The largest absolute Gasteiger partial charge is 0.314 e. The Balaban J connectivity index is 1.72. The molecule has 0 saturated carbocycles. The van der Waals surface area contributed by atoms with Crippen LogP contribution in [0.5, 0.6) is 0 Å². The van der Waals surface area contributed by atoms with Crippen LogP contribution in [0.4, 0.5) is 0 Å². The van der Waals surface area contributed by atoms with Gasteiger partial charge in [0.1, 0.15) is 6.33 Å². The molecule has 0 bridgehead atoms. The molecule has 0 unspecified atom stereocenters. The van der Waals surface area contributed by atoms with Crippen molar-refractivity contribution in [2.45, 2.75) is 38.8 Å². The third kappa shape index (κ3) is 4.06. The van der Waals surface area contributed by atoms with Gasteiger partial charge in [0.15, 0.2) is 0 Å². The Morgan fingerprint density at radius 3 is 2.88 bits per heavy atom. The summed E-state index contributed by atoms with van der Waals surface area (Å²) in [4.78, 5) is 10.7. The van der Waals surface area contributed by atoms with Crippen molar-refractivity contribution in [3.05, 3.63) is 24.3 Å². The number of likely N-dealkylation sites (tertiary alicyclic amines) is 1. The van der Waals surface area contributed by atoms with Gasteiger partial charge in [-0.3, -0.25) is 4.90 Å². The maximum absolute atomic E-state index is 4.27. The molecule has 17 heavy (non-hydrogen) atoms. The number of nitrogens with zero attached hydrogens (tertiary/aromatic N) is 3. The second-order valence-electron chi connectivity index (χ2n) is 4.71. The van der Waals surface area contributed by atoms with Crippen LogP contribution in [0.3, 0.4) is 0 Å². The summed E-state index contributed by atoms with van der Waals surface area (Å²) in [6.07, 6.45) is 7.18. The van der Waals surface area contributed by atoms with Crippen molar-refractivity contribution in [1.29, 1.82) is 0 Å². The fourth-order valence-electron chi connectivity index (χ4n) is 2.28. The average molecular weight is 234 g/mol. The molecular weight excluding hydrogens is 212 g/mol. The van der Waals surface area contributed by atoms with Gasteiger partial charge in [-0.2, -0.15) is 0 Å². The predicted molar refractivity (Wildman–Crippen MR) is 68.6 cm³/mol. The minimum Gasteiger partial charge on any atom is -0.314 e. The number of hydrogen-bond acceptors (Lipinski definition) is 4. The Morgan fingerprint density at radius 2 is 2.24 bits per heavy atom.